The Kier molecular flexibility index (Phi) is 2.22. The maximum absolute atomic E-state index is 10.6. The van der Waals surface area contributed by atoms with Gasteiger partial charge in [0, 0.05) is 11.5 Å². The van der Waals surface area contributed by atoms with Crippen LogP contribution in [0.15, 0.2) is 0 Å². The van der Waals surface area contributed by atoms with E-state index in [0.29, 0.717) is 5.13 Å². The molecular formula is C5H8N4O2S. The molecule has 0 radical (unpaired) electrons. The number of aromatic nitrogens is 3. The number of anilines is 1. The van der Waals surface area contributed by atoms with Crippen molar-refractivity contribution < 1.29 is 9.90 Å². The molecule has 2 N–H and O–H groups in total. The number of nitrogens with zero attached hydrogens (tertiary/aromatic N) is 3. The zero-order valence-corrected chi connectivity index (χ0v) is 7.42. The molecule has 0 atom stereocenters. The van der Waals surface area contributed by atoms with Gasteiger partial charge in [0.25, 0.3) is 0 Å². The second kappa shape index (κ2) is 3.02. The van der Waals surface area contributed by atoms with Gasteiger partial charge in [-0.15, -0.1) is 0 Å². The summed E-state index contributed by atoms with van der Waals surface area (Å²) in [6.45, 7) is 3.08. The van der Waals surface area contributed by atoms with Crippen molar-refractivity contribution in [2.45, 2.75) is 19.4 Å². The van der Waals surface area contributed by atoms with Gasteiger partial charge in [-0.3, -0.25) is 0 Å². The summed E-state index contributed by atoms with van der Waals surface area (Å²) in [5, 5.41) is 18.7. The van der Waals surface area contributed by atoms with Gasteiger partial charge in [-0.25, -0.2) is 4.79 Å². The van der Waals surface area contributed by atoms with E-state index >= 15 is 0 Å². The lowest BCUT2D eigenvalue weighted by Crippen LogP contribution is -2.39. The van der Waals surface area contributed by atoms with Crippen molar-refractivity contribution in [2.24, 2.45) is 0 Å². The zero-order valence-electron chi connectivity index (χ0n) is 6.61. The van der Waals surface area contributed by atoms with Crippen molar-refractivity contribution in [3.63, 3.8) is 0 Å². The smallest absolute Gasteiger partial charge is 0.328 e. The van der Waals surface area contributed by atoms with E-state index in [4.69, 9.17) is 5.11 Å². The largest absolute Gasteiger partial charge is 0.480 e. The molecule has 0 saturated heterocycles. The van der Waals surface area contributed by atoms with Gasteiger partial charge < -0.3 is 10.4 Å². The summed E-state index contributed by atoms with van der Waals surface area (Å²) in [4.78, 5) is 10.6. The number of carboxylic acid groups (broad SMARTS) is 1. The van der Waals surface area contributed by atoms with E-state index in [1.807, 2.05) is 0 Å². The van der Waals surface area contributed by atoms with Gasteiger partial charge in [0.15, 0.2) is 0 Å². The minimum Gasteiger partial charge on any atom is -0.480 e. The van der Waals surface area contributed by atoms with E-state index < -0.39 is 11.5 Å². The monoisotopic (exact) mass is 188 g/mol. The summed E-state index contributed by atoms with van der Waals surface area (Å²) >= 11 is 1.02. The summed E-state index contributed by atoms with van der Waals surface area (Å²) in [5.41, 5.74) is -1.04. The molecule has 0 bridgehead atoms. The summed E-state index contributed by atoms with van der Waals surface area (Å²) in [5.74, 6) is -0.947. The second-order valence-corrected chi connectivity index (χ2v) is 3.46. The van der Waals surface area contributed by atoms with Gasteiger partial charge in [-0.2, -0.15) is 0 Å². The van der Waals surface area contributed by atoms with Gasteiger partial charge in [0.2, 0.25) is 5.13 Å². The topological polar surface area (TPSA) is 88.0 Å². The standard InChI is InChI=1S/C5H8N4O2S/c1-5(2,3(10)11)6-4-7-8-9-12-4/h1-2H3,(H,10,11)(H,6,7,9). The predicted octanol–water partition coefficient (Wildman–Crippen LogP) is 0.208. The molecule has 0 aliphatic heterocycles. The van der Waals surface area contributed by atoms with Crippen molar-refractivity contribution in [1.29, 1.82) is 0 Å². The number of carboxylic acids is 1. The molecule has 0 unspecified atom stereocenters. The molecule has 0 saturated carbocycles. The third-order valence-electron chi connectivity index (χ3n) is 1.25. The Morgan fingerprint density at radius 2 is 2.33 bits per heavy atom. The number of hydrogen-bond acceptors (Lipinski definition) is 6. The van der Waals surface area contributed by atoms with E-state index in [1.54, 1.807) is 0 Å². The minimum atomic E-state index is -1.04. The molecule has 6 nitrogen and oxygen atoms in total. The average Bonchev–Trinajstić information content (AvgIpc) is 2.38. The predicted molar refractivity (Wildman–Crippen MR) is 43.0 cm³/mol. The van der Waals surface area contributed by atoms with Crippen LogP contribution in [0.25, 0.3) is 0 Å². The fourth-order valence-electron chi connectivity index (χ4n) is 0.503. The van der Waals surface area contributed by atoms with Crippen LogP contribution in [0.4, 0.5) is 5.13 Å². The Labute approximate surface area is 72.8 Å². The molecule has 0 spiro atoms. The van der Waals surface area contributed by atoms with E-state index in [0.717, 1.165) is 11.5 Å². The molecule has 1 rings (SSSR count). The van der Waals surface area contributed by atoms with Crippen LogP contribution < -0.4 is 5.32 Å². The Morgan fingerprint density at radius 1 is 1.67 bits per heavy atom. The third kappa shape index (κ3) is 1.88. The normalized spacial score (nSPS) is 11.2. The third-order valence-corrected chi connectivity index (χ3v) is 1.76. The van der Waals surface area contributed by atoms with Crippen molar-refractivity contribution in [2.75, 3.05) is 5.32 Å². The highest BCUT2D eigenvalue weighted by Crippen LogP contribution is 2.14. The van der Waals surface area contributed by atoms with Crippen LogP contribution in [-0.4, -0.2) is 31.4 Å². The van der Waals surface area contributed by atoms with Crippen molar-refractivity contribution in [1.82, 2.24) is 14.8 Å². The van der Waals surface area contributed by atoms with Gasteiger partial charge in [0.1, 0.15) is 5.54 Å². The first-order valence-corrected chi connectivity index (χ1v) is 3.96. The number of rotatable bonds is 3. The van der Waals surface area contributed by atoms with Crippen LogP contribution in [0, 0.1) is 0 Å². The van der Waals surface area contributed by atoms with Gasteiger partial charge in [0.05, 0.1) is 0 Å². The molecule has 0 aliphatic carbocycles. The number of carbonyl (C=O) groups is 1. The SMILES string of the molecule is CC(C)(Nc1nnns1)C(=O)O. The molecule has 1 aromatic heterocycles. The summed E-state index contributed by atoms with van der Waals surface area (Å²) in [7, 11) is 0. The van der Waals surface area contributed by atoms with Crippen LogP contribution in [0.2, 0.25) is 0 Å². The van der Waals surface area contributed by atoms with Crippen molar-refractivity contribution in [3.8, 4) is 0 Å². The molecule has 0 amide bonds. The van der Waals surface area contributed by atoms with E-state index in [2.05, 4.69) is 20.1 Å². The highest BCUT2D eigenvalue weighted by molar-refractivity contribution is 7.09. The van der Waals surface area contributed by atoms with Crippen LogP contribution in [-0.2, 0) is 4.79 Å². The van der Waals surface area contributed by atoms with E-state index in [9.17, 15) is 4.79 Å². The zero-order chi connectivity index (χ0) is 9.19. The lowest BCUT2D eigenvalue weighted by Gasteiger charge is -2.19. The lowest BCUT2D eigenvalue weighted by atomic mass is 10.1. The average molecular weight is 188 g/mol. The Balaban J connectivity index is 2.69. The molecule has 7 heteroatoms. The molecule has 0 fully saturated rings. The highest BCUT2D eigenvalue weighted by atomic mass is 32.1. The number of nitrogens with one attached hydrogen (secondary N) is 1. The van der Waals surface area contributed by atoms with Gasteiger partial charge >= 0.3 is 5.97 Å². The molecule has 0 aromatic carbocycles. The molecule has 1 heterocycles. The minimum absolute atomic E-state index is 0.405. The molecule has 12 heavy (non-hydrogen) atoms. The van der Waals surface area contributed by atoms with E-state index in [1.165, 1.54) is 13.8 Å². The number of hydrogen-bond donors (Lipinski definition) is 2. The maximum atomic E-state index is 10.6. The molecule has 1 aromatic rings. The Hall–Kier alpha value is -1.24. The summed E-state index contributed by atoms with van der Waals surface area (Å²) < 4.78 is 3.49. The van der Waals surface area contributed by atoms with Crippen LogP contribution in [0.1, 0.15) is 13.8 Å². The first-order valence-electron chi connectivity index (χ1n) is 3.19. The molecule has 0 aliphatic rings. The maximum Gasteiger partial charge on any atom is 0.328 e. The summed E-state index contributed by atoms with van der Waals surface area (Å²) in [6, 6.07) is 0. The van der Waals surface area contributed by atoms with Crippen molar-refractivity contribution >= 4 is 22.6 Å². The highest BCUT2D eigenvalue weighted by Gasteiger charge is 2.27. The summed E-state index contributed by atoms with van der Waals surface area (Å²) in [6.07, 6.45) is 0. The first kappa shape index (κ1) is 8.85. The van der Waals surface area contributed by atoms with Crippen LogP contribution in [0.5, 0.6) is 0 Å². The van der Waals surface area contributed by atoms with Crippen LogP contribution >= 0.6 is 11.5 Å². The molecular weight excluding hydrogens is 180 g/mol. The van der Waals surface area contributed by atoms with E-state index in [-0.39, 0.29) is 0 Å². The Morgan fingerprint density at radius 3 is 2.75 bits per heavy atom. The Bertz CT molecular complexity index is 271. The van der Waals surface area contributed by atoms with Gasteiger partial charge in [-0.1, -0.05) is 9.59 Å². The fraction of sp³-hybridized carbons (Fsp3) is 0.600. The van der Waals surface area contributed by atoms with Crippen molar-refractivity contribution in [3.05, 3.63) is 0 Å². The first-order chi connectivity index (χ1) is 5.52. The lowest BCUT2D eigenvalue weighted by molar-refractivity contribution is -0.141. The van der Waals surface area contributed by atoms with Gasteiger partial charge in [-0.05, 0) is 19.1 Å². The fourth-order valence-corrected chi connectivity index (χ4v) is 1.03. The second-order valence-electron chi connectivity index (χ2n) is 2.72. The molecule has 66 valence electrons. The number of aliphatic carboxylic acids is 1. The van der Waals surface area contributed by atoms with Crippen LogP contribution in [0.3, 0.4) is 0 Å². The quantitative estimate of drug-likeness (QED) is 0.704.